The van der Waals surface area contributed by atoms with Gasteiger partial charge in [-0.3, -0.25) is 4.79 Å². The number of sulfonamides is 1. The number of benzene rings is 1. The molecular formula is C25H38N4O3S. The average Bonchev–Trinajstić information content (AvgIpc) is 3.27. The van der Waals surface area contributed by atoms with Gasteiger partial charge in [0, 0.05) is 39.0 Å². The maximum Gasteiger partial charge on any atom is 0.243 e. The minimum atomic E-state index is -3.54. The van der Waals surface area contributed by atoms with Gasteiger partial charge >= 0.3 is 0 Å². The number of amides is 1. The third-order valence-electron chi connectivity index (χ3n) is 8.99. The topological polar surface area (TPSA) is 84.3 Å². The molecule has 2 aliphatic carbocycles. The van der Waals surface area contributed by atoms with Gasteiger partial charge in [-0.2, -0.15) is 4.31 Å². The van der Waals surface area contributed by atoms with Gasteiger partial charge in [0.2, 0.25) is 15.9 Å². The van der Waals surface area contributed by atoms with Gasteiger partial charge in [0.05, 0.1) is 15.9 Å². The van der Waals surface area contributed by atoms with Crippen molar-refractivity contribution in [1.29, 1.82) is 0 Å². The molecule has 2 fully saturated rings. The van der Waals surface area contributed by atoms with E-state index in [0.29, 0.717) is 37.4 Å². The fourth-order valence-corrected chi connectivity index (χ4v) is 7.72. The Morgan fingerprint density at radius 3 is 2.52 bits per heavy atom. The van der Waals surface area contributed by atoms with Crippen molar-refractivity contribution in [2.45, 2.75) is 77.7 Å². The molecule has 7 nitrogen and oxygen atoms in total. The van der Waals surface area contributed by atoms with Gasteiger partial charge in [-0.25, -0.2) is 13.4 Å². The van der Waals surface area contributed by atoms with E-state index in [4.69, 9.17) is 0 Å². The van der Waals surface area contributed by atoms with Gasteiger partial charge in [0.15, 0.2) is 0 Å². The molecule has 1 amide bonds. The normalized spacial score (nSPS) is 26.4. The maximum absolute atomic E-state index is 12.9. The van der Waals surface area contributed by atoms with Crippen molar-refractivity contribution in [2.24, 2.45) is 23.8 Å². The summed E-state index contributed by atoms with van der Waals surface area (Å²) < 4.78 is 29.1. The van der Waals surface area contributed by atoms with Crippen LogP contribution in [0.2, 0.25) is 0 Å². The summed E-state index contributed by atoms with van der Waals surface area (Å²) in [5.74, 6) is 1.55. The summed E-state index contributed by atoms with van der Waals surface area (Å²) in [5, 5.41) is 3.32. The first kappa shape index (κ1) is 24.2. The SMILES string of the molecule is CCN(CC)S(=O)(=O)c1ccc2c(c1)nc(CCC(=O)NC1CC3CCC1(C)C3(C)C)n2C. The van der Waals surface area contributed by atoms with Crippen molar-refractivity contribution in [2.75, 3.05) is 13.1 Å². The van der Waals surface area contributed by atoms with Gasteiger partial charge in [0.25, 0.3) is 0 Å². The summed E-state index contributed by atoms with van der Waals surface area (Å²) in [6.07, 6.45) is 4.41. The fraction of sp³-hybridized carbons (Fsp3) is 0.680. The van der Waals surface area contributed by atoms with Crippen LogP contribution in [0.4, 0.5) is 0 Å². The predicted molar refractivity (Wildman–Crippen MR) is 130 cm³/mol. The Morgan fingerprint density at radius 2 is 1.94 bits per heavy atom. The van der Waals surface area contributed by atoms with E-state index in [0.717, 1.165) is 17.8 Å². The number of fused-ring (bicyclic) bond motifs is 3. The third kappa shape index (κ3) is 3.79. The number of imidazole rings is 1. The van der Waals surface area contributed by atoms with Gasteiger partial charge in [-0.05, 0) is 54.2 Å². The Morgan fingerprint density at radius 1 is 1.24 bits per heavy atom. The molecule has 2 aromatic rings. The fourth-order valence-electron chi connectivity index (χ4n) is 6.24. The number of carbonyl (C=O) groups is 1. The average molecular weight is 475 g/mol. The molecule has 0 spiro atoms. The van der Waals surface area contributed by atoms with Gasteiger partial charge in [-0.15, -0.1) is 0 Å². The Kier molecular flexibility index (Phi) is 6.15. The summed E-state index contributed by atoms with van der Waals surface area (Å²) in [5.41, 5.74) is 1.94. The van der Waals surface area contributed by atoms with E-state index in [9.17, 15) is 13.2 Å². The Bertz CT molecular complexity index is 1170. The van der Waals surface area contributed by atoms with Crippen molar-refractivity contribution in [1.82, 2.24) is 19.2 Å². The molecular weight excluding hydrogens is 436 g/mol. The molecule has 2 aliphatic rings. The quantitative estimate of drug-likeness (QED) is 0.630. The maximum atomic E-state index is 12.9. The summed E-state index contributed by atoms with van der Waals surface area (Å²) >= 11 is 0. The van der Waals surface area contributed by atoms with Crippen LogP contribution < -0.4 is 5.32 Å². The number of nitrogens with zero attached hydrogens (tertiary/aromatic N) is 3. The number of hydrogen-bond acceptors (Lipinski definition) is 4. The van der Waals surface area contributed by atoms with E-state index in [2.05, 4.69) is 31.1 Å². The molecule has 1 aromatic carbocycles. The lowest BCUT2D eigenvalue weighted by Crippen LogP contribution is -2.46. The molecule has 0 aliphatic heterocycles. The molecule has 2 saturated carbocycles. The number of aromatic nitrogens is 2. The minimum absolute atomic E-state index is 0.0708. The van der Waals surface area contributed by atoms with Gasteiger partial charge in [0.1, 0.15) is 5.82 Å². The number of rotatable bonds is 8. The Hall–Kier alpha value is -1.93. The second-order valence-electron chi connectivity index (χ2n) is 10.6. The Labute approximate surface area is 198 Å². The minimum Gasteiger partial charge on any atom is -0.353 e. The Balaban J connectivity index is 1.46. The van der Waals surface area contributed by atoms with Crippen LogP contribution in [-0.2, 0) is 28.3 Å². The number of nitrogens with one attached hydrogen (secondary N) is 1. The predicted octanol–water partition coefficient (Wildman–Crippen LogP) is 3.87. The van der Waals surface area contributed by atoms with Crippen molar-refractivity contribution < 1.29 is 13.2 Å². The largest absolute Gasteiger partial charge is 0.353 e. The van der Waals surface area contributed by atoms with Crippen LogP contribution in [0, 0.1) is 16.7 Å². The molecule has 4 rings (SSSR count). The summed E-state index contributed by atoms with van der Waals surface area (Å²) in [6, 6.07) is 5.34. The standard InChI is InChI=1S/C25H38N4O3S/c1-7-29(8-2)33(31,32)18-9-10-20-19(16-18)26-22(28(20)6)11-12-23(30)27-21-15-17-13-14-25(21,5)24(17,3)4/h9-10,16-17,21H,7-8,11-15H2,1-6H3,(H,27,30). The van der Waals surface area contributed by atoms with E-state index in [1.54, 1.807) is 18.2 Å². The lowest BCUT2D eigenvalue weighted by Gasteiger charge is -2.39. The smallest absolute Gasteiger partial charge is 0.243 e. The third-order valence-corrected chi connectivity index (χ3v) is 11.0. The molecule has 0 saturated heterocycles. The van der Waals surface area contributed by atoms with Gasteiger partial charge < -0.3 is 9.88 Å². The van der Waals surface area contributed by atoms with Crippen LogP contribution >= 0.6 is 0 Å². The highest BCUT2D eigenvalue weighted by atomic mass is 32.2. The van der Waals surface area contributed by atoms with E-state index >= 15 is 0 Å². The van der Waals surface area contributed by atoms with E-state index < -0.39 is 10.0 Å². The van der Waals surface area contributed by atoms with Crippen LogP contribution in [0.25, 0.3) is 11.0 Å². The second kappa shape index (κ2) is 8.38. The monoisotopic (exact) mass is 474 g/mol. The zero-order valence-electron chi connectivity index (χ0n) is 20.8. The zero-order chi connectivity index (χ0) is 24.2. The first-order valence-electron chi connectivity index (χ1n) is 12.2. The van der Waals surface area contributed by atoms with Crippen molar-refractivity contribution >= 4 is 27.0 Å². The lowest BCUT2D eigenvalue weighted by atomic mass is 9.69. The molecule has 3 atom stereocenters. The van der Waals surface area contributed by atoms with Gasteiger partial charge in [-0.1, -0.05) is 34.6 Å². The summed E-state index contributed by atoms with van der Waals surface area (Å²) in [6.45, 7) is 11.6. The molecule has 1 N–H and O–H groups in total. The van der Waals surface area contributed by atoms with Crippen LogP contribution in [0.1, 0.15) is 66.1 Å². The molecule has 1 aromatic heterocycles. The van der Waals surface area contributed by atoms with Crippen LogP contribution in [0.5, 0.6) is 0 Å². The second-order valence-corrected chi connectivity index (χ2v) is 12.5. The highest BCUT2D eigenvalue weighted by Crippen LogP contribution is 2.65. The first-order valence-corrected chi connectivity index (χ1v) is 13.6. The zero-order valence-corrected chi connectivity index (χ0v) is 21.6. The molecule has 182 valence electrons. The van der Waals surface area contributed by atoms with Crippen molar-refractivity contribution in [3.05, 3.63) is 24.0 Å². The number of carbonyl (C=O) groups excluding carboxylic acids is 1. The van der Waals surface area contributed by atoms with Crippen LogP contribution in [-0.4, -0.2) is 47.3 Å². The van der Waals surface area contributed by atoms with E-state index in [1.807, 2.05) is 25.5 Å². The van der Waals surface area contributed by atoms with E-state index in [-0.39, 0.29) is 27.7 Å². The molecule has 2 bridgehead atoms. The number of hydrogen-bond donors (Lipinski definition) is 1. The lowest BCUT2D eigenvalue weighted by molar-refractivity contribution is -0.122. The molecule has 3 unspecified atom stereocenters. The first-order chi connectivity index (χ1) is 15.5. The molecule has 1 heterocycles. The highest BCUT2D eigenvalue weighted by Gasteiger charge is 2.61. The molecule has 0 radical (unpaired) electrons. The van der Waals surface area contributed by atoms with E-state index in [1.165, 1.54) is 17.1 Å². The molecule has 33 heavy (non-hydrogen) atoms. The number of aryl methyl sites for hydroxylation is 2. The van der Waals surface area contributed by atoms with Crippen molar-refractivity contribution in [3.8, 4) is 0 Å². The molecule has 8 heteroatoms. The van der Waals surface area contributed by atoms with Crippen LogP contribution in [0.15, 0.2) is 23.1 Å². The highest BCUT2D eigenvalue weighted by molar-refractivity contribution is 7.89. The summed E-state index contributed by atoms with van der Waals surface area (Å²) in [7, 11) is -1.62. The van der Waals surface area contributed by atoms with Crippen molar-refractivity contribution in [3.63, 3.8) is 0 Å². The van der Waals surface area contributed by atoms with Crippen LogP contribution in [0.3, 0.4) is 0 Å². The summed E-state index contributed by atoms with van der Waals surface area (Å²) in [4.78, 5) is 17.8.